The number of benzene rings is 1. The van der Waals surface area contributed by atoms with Crippen molar-refractivity contribution in [2.75, 3.05) is 19.9 Å². The maximum Gasteiger partial charge on any atom is 0.123 e. The molecule has 0 saturated carbocycles. The first-order chi connectivity index (χ1) is 9.74. The molecule has 2 rings (SSSR count). The number of aryl methyl sites for hydroxylation is 1. The standard InChI is InChI=1S/C16H21NO2S/c1-12-6-7-16(18-3)14(9-12)15(17-2)11-20-10-13-5-4-8-19-13/h4-9,15,17H,10-11H2,1-3H3. The molecule has 0 fully saturated rings. The molecule has 2 aromatic rings. The molecule has 0 saturated heterocycles. The van der Waals surface area contributed by atoms with Crippen LogP contribution in [0.25, 0.3) is 0 Å². The van der Waals surface area contributed by atoms with Crippen LogP contribution in [0.3, 0.4) is 0 Å². The van der Waals surface area contributed by atoms with E-state index in [1.54, 1.807) is 13.4 Å². The fourth-order valence-electron chi connectivity index (χ4n) is 2.13. The molecule has 1 unspecified atom stereocenters. The van der Waals surface area contributed by atoms with Crippen LogP contribution in [0.15, 0.2) is 41.0 Å². The van der Waals surface area contributed by atoms with Gasteiger partial charge in [0, 0.05) is 17.4 Å². The normalized spacial score (nSPS) is 12.3. The SMILES string of the molecule is CNC(CSCc1ccco1)c1cc(C)ccc1OC. The average Bonchev–Trinajstić information content (AvgIpc) is 2.97. The van der Waals surface area contributed by atoms with Gasteiger partial charge in [0.15, 0.2) is 0 Å². The predicted octanol–water partition coefficient (Wildman–Crippen LogP) is 3.79. The summed E-state index contributed by atoms with van der Waals surface area (Å²) >= 11 is 1.85. The third kappa shape index (κ3) is 3.81. The van der Waals surface area contributed by atoms with E-state index in [4.69, 9.17) is 9.15 Å². The van der Waals surface area contributed by atoms with Gasteiger partial charge in [-0.05, 0) is 32.2 Å². The van der Waals surface area contributed by atoms with Crippen molar-refractivity contribution in [3.8, 4) is 5.75 Å². The Morgan fingerprint density at radius 1 is 1.35 bits per heavy atom. The fourth-order valence-corrected chi connectivity index (χ4v) is 3.19. The summed E-state index contributed by atoms with van der Waals surface area (Å²) in [5.74, 6) is 3.81. The molecular formula is C16H21NO2S. The van der Waals surface area contributed by atoms with Crippen LogP contribution >= 0.6 is 11.8 Å². The van der Waals surface area contributed by atoms with Gasteiger partial charge in [0.2, 0.25) is 0 Å². The molecule has 0 aliphatic rings. The number of hydrogen-bond donors (Lipinski definition) is 1. The van der Waals surface area contributed by atoms with Gasteiger partial charge in [0.1, 0.15) is 11.5 Å². The van der Waals surface area contributed by atoms with E-state index < -0.39 is 0 Å². The summed E-state index contributed by atoms with van der Waals surface area (Å²) in [6.07, 6.45) is 1.72. The summed E-state index contributed by atoms with van der Waals surface area (Å²) in [6, 6.07) is 10.5. The molecule has 0 bridgehead atoms. The van der Waals surface area contributed by atoms with E-state index >= 15 is 0 Å². The fraction of sp³-hybridized carbons (Fsp3) is 0.375. The molecule has 0 amide bonds. The minimum Gasteiger partial charge on any atom is -0.496 e. The van der Waals surface area contributed by atoms with E-state index in [2.05, 4.69) is 24.4 Å². The second-order valence-electron chi connectivity index (χ2n) is 4.68. The van der Waals surface area contributed by atoms with Gasteiger partial charge in [0.05, 0.1) is 19.1 Å². The number of hydrogen-bond acceptors (Lipinski definition) is 4. The van der Waals surface area contributed by atoms with Crippen LogP contribution in [0.1, 0.15) is 22.9 Å². The molecule has 3 nitrogen and oxygen atoms in total. The van der Waals surface area contributed by atoms with E-state index in [-0.39, 0.29) is 6.04 Å². The Hall–Kier alpha value is -1.39. The van der Waals surface area contributed by atoms with E-state index in [9.17, 15) is 0 Å². The summed E-state index contributed by atoms with van der Waals surface area (Å²) < 4.78 is 10.8. The summed E-state index contributed by atoms with van der Waals surface area (Å²) in [4.78, 5) is 0. The molecule has 108 valence electrons. The lowest BCUT2D eigenvalue weighted by molar-refractivity contribution is 0.404. The van der Waals surface area contributed by atoms with Crippen molar-refractivity contribution >= 4 is 11.8 Å². The van der Waals surface area contributed by atoms with Crippen molar-refractivity contribution in [2.24, 2.45) is 0 Å². The van der Waals surface area contributed by atoms with Crippen molar-refractivity contribution in [2.45, 2.75) is 18.7 Å². The molecule has 0 aliphatic carbocycles. The maximum absolute atomic E-state index is 5.47. The predicted molar refractivity (Wildman–Crippen MR) is 84.4 cm³/mol. The molecule has 4 heteroatoms. The van der Waals surface area contributed by atoms with Gasteiger partial charge in [-0.25, -0.2) is 0 Å². The first-order valence-electron chi connectivity index (χ1n) is 6.66. The van der Waals surface area contributed by atoms with Gasteiger partial charge in [-0.15, -0.1) is 0 Å². The molecule has 1 atom stereocenters. The zero-order valence-electron chi connectivity index (χ0n) is 12.2. The molecule has 0 aliphatic heterocycles. The first-order valence-corrected chi connectivity index (χ1v) is 7.82. The summed E-state index contributed by atoms with van der Waals surface area (Å²) in [7, 11) is 3.71. The topological polar surface area (TPSA) is 34.4 Å². The monoisotopic (exact) mass is 291 g/mol. The lowest BCUT2D eigenvalue weighted by Gasteiger charge is -2.19. The lowest BCUT2D eigenvalue weighted by atomic mass is 10.0. The Morgan fingerprint density at radius 2 is 2.20 bits per heavy atom. The van der Waals surface area contributed by atoms with Crippen molar-refractivity contribution in [3.05, 3.63) is 53.5 Å². The molecule has 20 heavy (non-hydrogen) atoms. The van der Waals surface area contributed by atoms with Crippen LogP contribution < -0.4 is 10.1 Å². The third-order valence-electron chi connectivity index (χ3n) is 3.22. The maximum atomic E-state index is 5.47. The van der Waals surface area contributed by atoms with Crippen LogP contribution in [0.2, 0.25) is 0 Å². The Morgan fingerprint density at radius 3 is 2.85 bits per heavy atom. The highest BCUT2D eigenvalue weighted by Crippen LogP contribution is 2.29. The smallest absolute Gasteiger partial charge is 0.123 e. The van der Waals surface area contributed by atoms with Gasteiger partial charge in [-0.2, -0.15) is 11.8 Å². The van der Waals surface area contributed by atoms with Crippen LogP contribution in [-0.4, -0.2) is 19.9 Å². The highest BCUT2D eigenvalue weighted by molar-refractivity contribution is 7.98. The van der Waals surface area contributed by atoms with Gasteiger partial charge in [-0.1, -0.05) is 17.7 Å². The molecule has 1 heterocycles. The van der Waals surface area contributed by atoms with Gasteiger partial charge >= 0.3 is 0 Å². The lowest BCUT2D eigenvalue weighted by Crippen LogP contribution is -2.19. The van der Waals surface area contributed by atoms with Gasteiger partial charge in [-0.3, -0.25) is 0 Å². The number of methoxy groups -OCH3 is 1. The zero-order valence-corrected chi connectivity index (χ0v) is 13.0. The van der Waals surface area contributed by atoms with E-state index in [1.807, 2.05) is 37.0 Å². The van der Waals surface area contributed by atoms with Crippen LogP contribution in [0, 0.1) is 6.92 Å². The summed E-state index contributed by atoms with van der Waals surface area (Å²) in [5, 5.41) is 3.37. The largest absolute Gasteiger partial charge is 0.496 e. The number of rotatable bonds is 7. The second kappa shape index (κ2) is 7.41. The second-order valence-corrected chi connectivity index (χ2v) is 5.71. The van der Waals surface area contributed by atoms with E-state index in [0.29, 0.717) is 0 Å². The molecule has 0 spiro atoms. The zero-order chi connectivity index (χ0) is 14.4. The Labute approximate surface area is 124 Å². The Balaban J connectivity index is 2.02. The molecule has 1 aromatic heterocycles. The Bertz CT molecular complexity index is 525. The van der Waals surface area contributed by atoms with E-state index in [1.165, 1.54) is 11.1 Å². The quantitative estimate of drug-likeness (QED) is 0.841. The molecule has 1 N–H and O–H groups in total. The number of nitrogens with one attached hydrogen (secondary N) is 1. The molecular weight excluding hydrogens is 270 g/mol. The minimum absolute atomic E-state index is 0.268. The number of furan rings is 1. The number of ether oxygens (including phenoxy) is 1. The third-order valence-corrected chi connectivity index (χ3v) is 4.28. The minimum atomic E-state index is 0.268. The number of thioether (sulfide) groups is 1. The highest BCUT2D eigenvalue weighted by atomic mass is 32.2. The van der Waals surface area contributed by atoms with Crippen molar-refractivity contribution in [3.63, 3.8) is 0 Å². The molecule has 0 radical (unpaired) electrons. The van der Waals surface area contributed by atoms with Crippen molar-refractivity contribution in [1.29, 1.82) is 0 Å². The van der Waals surface area contributed by atoms with Crippen molar-refractivity contribution in [1.82, 2.24) is 5.32 Å². The van der Waals surface area contributed by atoms with Crippen molar-refractivity contribution < 1.29 is 9.15 Å². The van der Waals surface area contributed by atoms with Crippen LogP contribution in [0.5, 0.6) is 5.75 Å². The van der Waals surface area contributed by atoms with Gasteiger partial charge < -0.3 is 14.5 Å². The highest BCUT2D eigenvalue weighted by Gasteiger charge is 2.15. The summed E-state index contributed by atoms with van der Waals surface area (Å²) in [6.45, 7) is 2.10. The Kier molecular flexibility index (Phi) is 5.56. The van der Waals surface area contributed by atoms with Gasteiger partial charge in [0.25, 0.3) is 0 Å². The molecule has 1 aromatic carbocycles. The first kappa shape index (κ1) is 15.0. The van der Waals surface area contributed by atoms with Crippen LogP contribution in [-0.2, 0) is 5.75 Å². The average molecular weight is 291 g/mol. The summed E-state index contributed by atoms with van der Waals surface area (Å²) in [5.41, 5.74) is 2.46. The van der Waals surface area contributed by atoms with Crippen LogP contribution in [0.4, 0.5) is 0 Å². The van der Waals surface area contributed by atoms with E-state index in [0.717, 1.165) is 23.0 Å².